The smallest absolute Gasteiger partial charge is 0.309 e. The number of carboxylic acids is 1. The van der Waals surface area contributed by atoms with Gasteiger partial charge >= 0.3 is 5.97 Å². The summed E-state index contributed by atoms with van der Waals surface area (Å²) in [5.74, 6) is 0.000311. The SMILES string of the molecule is CCC1CCCC(Cc2ccsc2)(C(=O)O)C1. The molecule has 1 heterocycles. The standard InChI is InChI=1S/C14H20O2S/c1-2-11-4-3-6-14(8-11,13(15)16)9-12-5-7-17-10-12/h5,7,10-11H,2-4,6,8-9H2,1H3,(H,15,16). The van der Waals surface area contributed by atoms with Gasteiger partial charge in [0.05, 0.1) is 5.41 Å². The van der Waals surface area contributed by atoms with Crippen LogP contribution in [0.3, 0.4) is 0 Å². The summed E-state index contributed by atoms with van der Waals surface area (Å²) in [5, 5.41) is 13.7. The van der Waals surface area contributed by atoms with Gasteiger partial charge in [-0.25, -0.2) is 0 Å². The molecular formula is C14H20O2S. The average Bonchev–Trinajstić information content (AvgIpc) is 2.81. The van der Waals surface area contributed by atoms with Gasteiger partial charge in [-0.3, -0.25) is 4.79 Å². The second-order valence-corrected chi connectivity index (χ2v) is 6.04. The van der Waals surface area contributed by atoms with Gasteiger partial charge in [0.15, 0.2) is 0 Å². The highest BCUT2D eigenvalue weighted by Crippen LogP contribution is 2.43. The Hall–Kier alpha value is -0.830. The van der Waals surface area contributed by atoms with Gasteiger partial charge in [-0.2, -0.15) is 11.3 Å². The maximum Gasteiger partial charge on any atom is 0.309 e. The molecule has 1 aliphatic rings. The fraction of sp³-hybridized carbons (Fsp3) is 0.643. The summed E-state index contributed by atoms with van der Waals surface area (Å²) in [6, 6.07) is 2.06. The minimum atomic E-state index is -0.596. The lowest BCUT2D eigenvalue weighted by Gasteiger charge is -2.37. The number of hydrogen-bond donors (Lipinski definition) is 1. The molecule has 0 radical (unpaired) electrons. The van der Waals surface area contributed by atoms with Gasteiger partial charge in [-0.05, 0) is 47.6 Å². The minimum Gasteiger partial charge on any atom is -0.481 e. The van der Waals surface area contributed by atoms with E-state index in [1.165, 1.54) is 12.0 Å². The van der Waals surface area contributed by atoms with Crippen molar-refractivity contribution < 1.29 is 9.90 Å². The van der Waals surface area contributed by atoms with E-state index in [0.29, 0.717) is 12.3 Å². The summed E-state index contributed by atoms with van der Waals surface area (Å²) < 4.78 is 0. The van der Waals surface area contributed by atoms with Crippen LogP contribution in [0.25, 0.3) is 0 Å². The number of thiophene rings is 1. The molecule has 94 valence electrons. The first-order valence-corrected chi connectivity index (χ1v) is 7.35. The molecule has 1 aromatic heterocycles. The van der Waals surface area contributed by atoms with Gasteiger partial charge in [-0.1, -0.05) is 26.2 Å². The maximum atomic E-state index is 11.7. The largest absolute Gasteiger partial charge is 0.481 e. The summed E-state index contributed by atoms with van der Waals surface area (Å²) in [6.45, 7) is 2.17. The first-order chi connectivity index (χ1) is 8.16. The first kappa shape index (κ1) is 12.6. The van der Waals surface area contributed by atoms with Crippen molar-refractivity contribution in [1.82, 2.24) is 0 Å². The third kappa shape index (κ3) is 2.71. The average molecular weight is 252 g/mol. The van der Waals surface area contributed by atoms with Crippen molar-refractivity contribution in [2.75, 3.05) is 0 Å². The Morgan fingerprint density at radius 2 is 2.47 bits per heavy atom. The van der Waals surface area contributed by atoms with Crippen LogP contribution in [0, 0.1) is 11.3 Å². The second kappa shape index (κ2) is 5.21. The lowest BCUT2D eigenvalue weighted by molar-refractivity contribution is -0.152. The Morgan fingerprint density at radius 3 is 3.06 bits per heavy atom. The lowest BCUT2D eigenvalue weighted by Crippen LogP contribution is -2.38. The zero-order valence-electron chi connectivity index (χ0n) is 10.3. The highest BCUT2D eigenvalue weighted by molar-refractivity contribution is 7.07. The Labute approximate surface area is 107 Å². The Kier molecular flexibility index (Phi) is 3.87. The molecule has 0 aliphatic heterocycles. The molecule has 0 saturated heterocycles. The Bertz CT molecular complexity index is 372. The Balaban J connectivity index is 2.17. The van der Waals surface area contributed by atoms with E-state index in [1.54, 1.807) is 11.3 Å². The van der Waals surface area contributed by atoms with Gasteiger partial charge in [0.1, 0.15) is 0 Å². The number of carboxylic acid groups (broad SMARTS) is 1. The molecule has 0 spiro atoms. The predicted molar refractivity (Wildman–Crippen MR) is 70.3 cm³/mol. The van der Waals surface area contributed by atoms with Crippen LogP contribution in [0.15, 0.2) is 16.8 Å². The molecule has 2 rings (SSSR count). The molecule has 1 fully saturated rings. The van der Waals surface area contributed by atoms with Crippen molar-refractivity contribution >= 4 is 17.3 Å². The van der Waals surface area contributed by atoms with Crippen molar-refractivity contribution in [1.29, 1.82) is 0 Å². The summed E-state index contributed by atoms with van der Waals surface area (Å²) in [4.78, 5) is 11.7. The summed E-state index contributed by atoms with van der Waals surface area (Å²) >= 11 is 1.65. The molecule has 3 heteroatoms. The lowest BCUT2D eigenvalue weighted by atomic mass is 9.66. The summed E-state index contributed by atoms with van der Waals surface area (Å²) in [6.07, 6.45) is 5.79. The van der Waals surface area contributed by atoms with Crippen molar-refractivity contribution in [3.8, 4) is 0 Å². The van der Waals surface area contributed by atoms with E-state index in [1.807, 2.05) is 5.38 Å². The van der Waals surface area contributed by atoms with Crippen molar-refractivity contribution in [2.24, 2.45) is 11.3 Å². The van der Waals surface area contributed by atoms with Crippen LogP contribution in [-0.4, -0.2) is 11.1 Å². The fourth-order valence-corrected chi connectivity index (χ4v) is 3.72. The molecule has 0 amide bonds. The third-order valence-electron chi connectivity index (χ3n) is 4.10. The van der Waals surface area contributed by atoms with Gasteiger partial charge in [0.2, 0.25) is 0 Å². The highest BCUT2D eigenvalue weighted by Gasteiger charge is 2.42. The van der Waals surface area contributed by atoms with Crippen LogP contribution in [-0.2, 0) is 11.2 Å². The van der Waals surface area contributed by atoms with E-state index in [0.717, 1.165) is 25.7 Å². The normalized spacial score (nSPS) is 29.1. The number of hydrogen-bond acceptors (Lipinski definition) is 2. The molecule has 1 aromatic rings. The highest BCUT2D eigenvalue weighted by atomic mass is 32.1. The number of aliphatic carboxylic acids is 1. The first-order valence-electron chi connectivity index (χ1n) is 6.41. The number of carbonyl (C=O) groups is 1. The summed E-state index contributed by atoms with van der Waals surface area (Å²) in [5.41, 5.74) is 0.689. The molecule has 1 N–H and O–H groups in total. The van der Waals surface area contributed by atoms with Crippen LogP contribution >= 0.6 is 11.3 Å². The van der Waals surface area contributed by atoms with E-state index in [4.69, 9.17) is 0 Å². The van der Waals surface area contributed by atoms with E-state index in [9.17, 15) is 9.90 Å². The van der Waals surface area contributed by atoms with Crippen LogP contribution in [0.4, 0.5) is 0 Å². The van der Waals surface area contributed by atoms with Crippen molar-refractivity contribution in [3.05, 3.63) is 22.4 Å². The molecule has 1 saturated carbocycles. The van der Waals surface area contributed by atoms with Crippen LogP contribution in [0.5, 0.6) is 0 Å². The molecule has 17 heavy (non-hydrogen) atoms. The maximum absolute atomic E-state index is 11.7. The quantitative estimate of drug-likeness (QED) is 0.880. The molecule has 0 bridgehead atoms. The van der Waals surface area contributed by atoms with E-state index in [-0.39, 0.29) is 0 Å². The molecule has 2 nitrogen and oxygen atoms in total. The Morgan fingerprint density at radius 1 is 1.65 bits per heavy atom. The van der Waals surface area contributed by atoms with Gasteiger partial charge in [0.25, 0.3) is 0 Å². The van der Waals surface area contributed by atoms with Crippen molar-refractivity contribution in [3.63, 3.8) is 0 Å². The van der Waals surface area contributed by atoms with E-state index < -0.39 is 11.4 Å². The molecule has 2 atom stereocenters. The topological polar surface area (TPSA) is 37.3 Å². The monoisotopic (exact) mass is 252 g/mol. The van der Waals surface area contributed by atoms with Crippen molar-refractivity contribution in [2.45, 2.75) is 45.4 Å². The van der Waals surface area contributed by atoms with Crippen LogP contribution in [0.1, 0.15) is 44.6 Å². The predicted octanol–water partition coefficient (Wildman–Crippen LogP) is 3.96. The van der Waals surface area contributed by atoms with Crippen LogP contribution < -0.4 is 0 Å². The van der Waals surface area contributed by atoms with Crippen LogP contribution in [0.2, 0.25) is 0 Å². The zero-order chi connectivity index (χ0) is 12.3. The van der Waals surface area contributed by atoms with Gasteiger partial charge in [0, 0.05) is 0 Å². The summed E-state index contributed by atoms with van der Waals surface area (Å²) in [7, 11) is 0. The second-order valence-electron chi connectivity index (χ2n) is 5.26. The van der Waals surface area contributed by atoms with Gasteiger partial charge < -0.3 is 5.11 Å². The molecule has 2 unspecified atom stereocenters. The van der Waals surface area contributed by atoms with Gasteiger partial charge in [-0.15, -0.1) is 0 Å². The molecule has 1 aliphatic carbocycles. The number of rotatable bonds is 4. The third-order valence-corrected chi connectivity index (χ3v) is 4.83. The minimum absolute atomic E-state index is 0.500. The van der Waals surface area contributed by atoms with E-state index in [2.05, 4.69) is 18.4 Å². The molecular weight excluding hydrogens is 232 g/mol. The zero-order valence-corrected chi connectivity index (χ0v) is 11.1. The fourth-order valence-electron chi connectivity index (χ4n) is 3.05. The van der Waals surface area contributed by atoms with E-state index >= 15 is 0 Å². The molecule has 0 aromatic carbocycles.